The molecule has 0 atom stereocenters. The molecule has 31 heavy (non-hydrogen) atoms. The summed E-state index contributed by atoms with van der Waals surface area (Å²) < 4.78 is 39.9. The first-order valence-corrected chi connectivity index (χ1v) is 9.91. The predicted molar refractivity (Wildman–Crippen MR) is 109 cm³/mol. The summed E-state index contributed by atoms with van der Waals surface area (Å²) in [7, 11) is 0. The summed E-state index contributed by atoms with van der Waals surface area (Å²) in [5, 5.41) is 0.916. The minimum atomic E-state index is -4.49. The molecule has 0 radical (unpaired) electrons. The highest BCUT2D eigenvalue weighted by Gasteiger charge is 2.34. The lowest BCUT2D eigenvalue weighted by Gasteiger charge is -2.23. The van der Waals surface area contributed by atoms with Crippen molar-refractivity contribution in [2.45, 2.75) is 19.1 Å². The summed E-state index contributed by atoms with van der Waals surface area (Å²) >= 11 is 0. The van der Waals surface area contributed by atoms with Crippen LogP contribution < -0.4 is 0 Å². The van der Waals surface area contributed by atoms with E-state index in [1.54, 1.807) is 6.07 Å². The Kier molecular flexibility index (Phi) is 5.63. The number of carbonyl (C=O) groups is 2. The molecule has 2 heterocycles. The summed E-state index contributed by atoms with van der Waals surface area (Å²) in [6.45, 7) is 0.436. The fraction of sp³-hybridized carbons (Fsp3) is 0.261. The number of amides is 2. The number of rotatable bonds is 3. The van der Waals surface area contributed by atoms with Crippen LogP contribution in [0.15, 0.2) is 60.7 Å². The Hall–Kier alpha value is -3.42. The standard InChI is InChI=1S/C23H20F3N3O2/c24-23(25,26)18-7-3-1-6-17(18)15-29-14-13-28(12-11-21(29)30)22(31)20-10-9-16-5-2-4-8-19(16)27-20/h1-10H,11-15H2. The van der Waals surface area contributed by atoms with Gasteiger partial charge in [-0.15, -0.1) is 0 Å². The zero-order valence-corrected chi connectivity index (χ0v) is 16.6. The normalized spacial score (nSPS) is 15.3. The van der Waals surface area contributed by atoms with Gasteiger partial charge in [-0.05, 0) is 23.8 Å². The monoisotopic (exact) mass is 427 g/mol. The second kappa shape index (κ2) is 8.37. The van der Waals surface area contributed by atoms with Crippen LogP contribution >= 0.6 is 0 Å². The van der Waals surface area contributed by atoms with E-state index in [1.165, 1.54) is 28.0 Å². The third-order valence-corrected chi connectivity index (χ3v) is 5.38. The number of carbonyl (C=O) groups excluding carboxylic acids is 2. The van der Waals surface area contributed by atoms with Gasteiger partial charge < -0.3 is 9.80 Å². The number of aromatic nitrogens is 1. The second-order valence-electron chi connectivity index (χ2n) is 7.40. The lowest BCUT2D eigenvalue weighted by molar-refractivity contribution is -0.139. The number of benzene rings is 2. The van der Waals surface area contributed by atoms with Crippen molar-refractivity contribution < 1.29 is 22.8 Å². The van der Waals surface area contributed by atoms with Gasteiger partial charge in [0.15, 0.2) is 0 Å². The van der Waals surface area contributed by atoms with E-state index in [4.69, 9.17) is 0 Å². The molecule has 0 N–H and O–H groups in total. The van der Waals surface area contributed by atoms with Crippen LogP contribution in [0.25, 0.3) is 10.9 Å². The first-order valence-electron chi connectivity index (χ1n) is 9.91. The SMILES string of the molecule is O=C1CCN(C(=O)c2ccc3ccccc3n2)CCN1Cc1ccccc1C(F)(F)F. The highest BCUT2D eigenvalue weighted by Crippen LogP contribution is 2.32. The summed E-state index contributed by atoms with van der Waals surface area (Å²) in [5.41, 5.74) is 0.270. The minimum absolute atomic E-state index is 0.0410. The zero-order valence-electron chi connectivity index (χ0n) is 16.6. The van der Waals surface area contributed by atoms with Gasteiger partial charge in [0.05, 0.1) is 11.1 Å². The number of hydrogen-bond donors (Lipinski definition) is 0. The highest BCUT2D eigenvalue weighted by atomic mass is 19.4. The van der Waals surface area contributed by atoms with E-state index < -0.39 is 11.7 Å². The number of pyridine rings is 1. The molecule has 1 aromatic heterocycles. The van der Waals surface area contributed by atoms with Gasteiger partial charge in [-0.25, -0.2) is 4.98 Å². The first kappa shape index (κ1) is 20.8. The molecule has 8 heteroatoms. The van der Waals surface area contributed by atoms with Crippen LogP contribution in [-0.2, 0) is 17.5 Å². The molecule has 160 valence electrons. The fourth-order valence-corrected chi connectivity index (χ4v) is 3.72. The van der Waals surface area contributed by atoms with Gasteiger partial charge in [-0.1, -0.05) is 42.5 Å². The molecular weight excluding hydrogens is 407 g/mol. The molecule has 1 fully saturated rings. The van der Waals surface area contributed by atoms with E-state index in [1.807, 2.05) is 30.3 Å². The Morgan fingerprint density at radius 2 is 1.68 bits per heavy atom. The topological polar surface area (TPSA) is 53.5 Å². The Balaban J connectivity index is 1.49. The van der Waals surface area contributed by atoms with Crippen molar-refractivity contribution in [2.75, 3.05) is 19.6 Å². The maximum atomic E-state index is 13.3. The lowest BCUT2D eigenvalue weighted by Crippen LogP contribution is -2.36. The molecule has 0 unspecified atom stereocenters. The van der Waals surface area contributed by atoms with Gasteiger partial charge in [0.1, 0.15) is 5.69 Å². The van der Waals surface area contributed by atoms with Gasteiger partial charge in [0.25, 0.3) is 5.91 Å². The van der Waals surface area contributed by atoms with Crippen molar-refractivity contribution >= 4 is 22.7 Å². The molecule has 1 aliphatic rings. The molecule has 0 aliphatic carbocycles. The third kappa shape index (κ3) is 4.52. The number of para-hydroxylation sites is 1. The number of nitrogens with zero attached hydrogens (tertiary/aromatic N) is 3. The Morgan fingerprint density at radius 1 is 0.935 bits per heavy atom. The van der Waals surface area contributed by atoms with E-state index in [9.17, 15) is 22.8 Å². The number of fused-ring (bicyclic) bond motifs is 1. The minimum Gasteiger partial charge on any atom is -0.337 e. The summed E-state index contributed by atoms with van der Waals surface area (Å²) in [4.78, 5) is 32.8. The van der Waals surface area contributed by atoms with E-state index in [2.05, 4.69) is 4.98 Å². The Bertz CT molecular complexity index is 1130. The summed E-state index contributed by atoms with van der Waals surface area (Å²) in [5.74, 6) is -0.574. The number of halogens is 3. The third-order valence-electron chi connectivity index (χ3n) is 5.38. The van der Waals surface area contributed by atoms with Crippen molar-refractivity contribution in [1.29, 1.82) is 0 Å². The molecular formula is C23H20F3N3O2. The average molecular weight is 427 g/mol. The first-order chi connectivity index (χ1) is 14.8. The summed E-state index contributed by atoms with van der Waals surface area (Å²) in [6.07, 6.45) is -4.44. The average Bonchev–Trinajstić information content (AvgIpc) is 2.94. The smallest absolute Gasteiger partial charge is 0.337 e. The van der Waals surface area contributed by atoms with Crippen LogP contribution in [0.1, 0.15) is 28.0 Å². The van der Waals surface area contributed by atoms with E-state index in [0.29, 0.717) is 5.52 Å². The van der Waals surface area contributed by atoms with Crippen LogP contribution in [0.4, 0.5) is 13.2 Å². The van der Waals surface area contributed by atoms with Crippen molar-refractivity contribution in [1.82, 2.24) is 14.8 Å². The molecule has 1 aliphatic heterocycles. The van der Waals surface area contributed by atoms with E-state index >= 15 is 0 Å². The second-order valence-corrected chi connectivity index (χ2v) is 7.40. The Morgan fingerprint density at radius 3 is 2.48 bits per heavy atom. The van der Waals surface area contributed by atoms with Crippen molar-refractivity contribution in [3.63, 3.8) is 0 Å². The van der Waals surface area contributed by atoms with Crippen LogP contribution in [0, 0.1) is 0 Å². The largest absolute Gasteiger partial charge is 0.416 e. The van der Waals surface area contributed by atoms with Gasteiger partial charge in [0.2, 0.25) is 5.91 Å². The molecule has 0 saturated carbocycles. The van der Waals surface area contributed by atoms with Crippen molar-refractivity contribution in [3.05, 3.63) is 77.5 Å². The highest BCUT2D eigenvalue weighted by molar-refractivity contribution is 5.95. The number of hydrogen-bond acceptors (Lipinski definition) is 3. The van der Waals surface area contributed by atoms with Crippen molar-refractivity contribution in [2.24, 2.45) is 0 Å². The lowest BCUT2D eigenvalue weighted by atomic mass is 10.1. The van der Waals surface area contributed by atoms with Crippen molar-refractivity contribution in [3.8, 4) is 0 Å². The van der Waals surface area contributed by atoms with Gasteiger partial charge in [-0.2, -0.15) is 13.2 Å². The molecule has 3 aromatic rings. The van der Waals surface area contributed by atoms with E-state index in [-0.39, 0.29) is 55.7 Å². The Labute approximate surface area is 177 Å². The van der Waals surface area contributed by atoms with E-state index in [0.717, 1.165) is 11.5 Å². The molecule has 5 nitrogen and oxygen atoms in total. The predicted octanol–water partition coefficient (Wildman–Crippen LogP) is 4.13. The van der Waals surface area contributed by atoms with Crippen LogP contribution in [-0.4, -0.2) is 46.2 Å². The van der Waals surface area contributed by atoms with Gasteiger partial charge in [-0.3, -0.25) is 9.59 Å². The van der Waals surface area contributed by atoms with Crippen LogP contribution in [0.3, 0.4) is 0 Å². The maximum Gasteiger partial charge on any atom is 0.416 e. The molecule has 1 saturated heterocycles. The molecule has 0 spiro atoms. The molecule has 2 amide bonds. The maximum absolute atomic E-state index is 13.3. The molecule has 2 aromatic carbocycles. The molecule has 4 rings (SSSR count). The number of alkyl halides is 3. The van der Waals surface area contributed by atoms with Gasteiger partial charge >= 0.3 is 6.18 Å². The van der Waals surface area contributed by atoms with Crippen LogP contribution in [0.5, 0.6) is 0 Å². The van der Waals surface area contributed by atoms with Gasteiger partial charge in [0, 0.05) is 38.0 Å². The quantitative estimate of drug-likeness (QED) is 0.632. The van der Waals surface area contributed by atoms with Crippen LogP contribution in [0.2, 0.25) is 0 Å². The molecule has 0 bridgehead atoms. The summed E-state index contributed by atoms with van der Waals surface area (Å²) in [6, 6.07) is 16.1. The fourth-order valence-electron chi connectivity index (χ4n) is 3.72. The zero-order chi connectivity index (χ0) is 22.0.